The highest BCUT2D eigenvalue weighted by Gasteiger charge is 2.12. The molecular formula is C16H14N2O2S2. The average molecular weight is 330 g/mol. The molecular weight excluding hydrogens is 316 g/mol. The summed E-state index contributed by atoms with van der Waals surface area (Å²) in [5, 5.41) is 3.05. The highest BCUT2D eigenvalue weighted by atomic mass is 32.2. The lowest BCUT2D eigenvalue weighted by Crippen LogP contribution is -2.19. The van der Waals surface area contributed by atoms with Crippen molar-refractivity contribution in [2.24, 2.45) is 7.05 Å². The fraction of sp³-hybridized carbons (Fsp3) is 0.188. The van der Waals surface area contributed by atoms with Crippen molar-refractivity contribution in [3.63, 3.8) is 0 Å². The topological polar surface area (TPSA) is 52.0 Å². The van der Waals surface area contributed by atoms with Gasteiger partial charge in [-0.25, -0.2) is 4.98 Å². The monoisotopic (exact) mass is 330 g/mol. The van der Waals surface area contributed by atoms with Gasteiger partial charge in [-0.2, -0.15) is 0 Å². The molecule has 2 aromatic heterocycles. The summed E-state index contributed by atoms with van der Waals surface area (Å²) in [6, 6.07) is 9.27. The molecule has 3 rings (SSSR count). The van der Waals surface area contributed by atoms with E-state index in [1.165, 1.54) is 27.7 Å². The highest BCUT2D eigenvalue weighted by molar-refractivity contribution is 7.99. The number of ketones is 1. The molecule has 0 atom stereocenters. The van der Waals surface area contributed by atoms with Gasteiger partial charge in [-0.15, -0.1) is 11.3 Å². The number of carbonyl (C=O) groups is 1. The van der Waals surface area contributed by atoms with Crippen molar-refractivity contribution in [1.82, 2.24) is 9.55 Å². The number of Topliss-reactive ketones (excluding diaryl/α,β-unsaturated/α-hetero) is 1. The Bertz CT molecular complexity index is 895. The highest BCUT2D eigenvalue weighted by Crippen LogP contribution is 2.21. The Morgan fingerprint density at radius 3 is 2.73 bits per heavy atom. The van der Waals surface area contributed by atoms with Crippen LogP contribution in [0.15, 0.2) is 45.7 Å². The molecule has 0 saturated carbocycles. The molecule has 0 saturated heterocycles. The van der Waals surface area contributed by atoms with Crippen molar-refractivity contribution in [2.75, 3.05) is 5.75 Å². The first kappa shape index (κ1) is 15.0. The van der Waals surface area contributed by atoms with Gasteiger partial charge in [-0.1, -0.05) is 41.6 Å². The summed E-state index contributed by atoms with van der Waals surface area (Å²) < 4.78 is 1.50. The standard InChI is InChI=1S/C16H14N2O2S2/c1-10-3-5-11(6-4-10)13(19)9-22-16-17-14-12(7-8-21-14)15(20)18(16)2/h3-8H,9H2,1-2H3. The molecule has 0 amide bonds. The number of thioether (sulfide) groups is 1. The van der Waals surface area contributed by atoms with Crippen LogP contribution in [0.4, 0.5) is 0 Å². The molecule has 0 unspecified atom stereocenters. The Kier molecular flexibility index (Phi) is 4.13. The Morgan fingerprint density at radius 1 is 1.27 bits per heavy atom. The normalized spacial score (nSPS) is 11.0. The number of hydrogen-bond donors (Lipinski definition) is 0. The lowest BCUT2D eigenvalue weighted by molar-refractivity contribution is 0.102. The van der Waals surface area contributed by atoms with Gasteiger partial charge in [0.05, 0.1) is 11.1 Å². The number of aromatic nitrogens is 2. The van der Waals surface area contributed by atoms with Crippen molar-refractivity contribution in [2.45, 2.75) is 12.1 Å². The first-order valence-corrected chi connectivity index (χ1v) is 8.59. The second-order valence-corrected chi connectivity index (χ2v) is 6.81. The number of fused-ring (bicyclic) bond motifs is 1. The van der Waals surface area contributed by atoms with Crippen LogP contribution in [0.25, 0.3) is 10.2 Å². The van der Waals surface area contributed by atoms with Crippen LogP contribution in [0.1, 0.15) is 15.9 Å². The summed E-state index contributed by atoms with van der Waals surface area (Å²) in [4.78, 5) is 29.6. The SMILES string of the molecule is Cc1ccc(C(=O)CSc2nc3sccc3c(=O)n2C)cc1. The van der Waals surface area contributed by atoms with E-state index in [-0.39, 0.29) is 17.1 Å². The molecule has 0 N–H and O–H groups in total. The van der Waals surface area contributed by atoms with E-state index in [0.29, 0.717) is 20.9 Å². The lowest BCUT2D eigenvalue weighted by atomic mass is 10.1. The quantitative estimate of drug-likeness (QED) is 0.418. The van der Waals surface area contributed by atoms with Crippen LogP contribution in [-0.2, 0) is 7.05 Å². The molecule has 4 nitrogen and oxygen atoms in total. The Morgan fingerprint density at radius 2 is 2.00 bits per heavy atom. The van der Waals surface area contributed by atoms with E-state index in [4.69, 9.17) is 0 Å². The fourth-order valence-electron chi connectivity index (χ4n) is 2.06. The minimum Gasteiger partial charge on any atom is -0.293 e. The largest absolute Gasteiger partial charge is 0.293 e. The van der Waals surface area contributed by atoms with E-state index in [2.05, 4.69) is 4.98 Å². The minimum absolute atomic E-state index is 0.0329. The minimum atomic E-state index is -0.0727. The second-order valence-electron chi connectivity index (χ2n) is 4.98. The summed E-state index contributed by atoms with van der Waals surface area (Å²) in [5.41, 5.74) is 1.73. The third-order valence-corrected chi connectivity index (χ3v) is 5.21. The van der Waals surface area contributed by atoms with E-state index in [1.54, 1.807) is 13.1 Å². The molecule has 0 spiro atoms. The van der Waals surface area contributed by atoms with Crippen molar-refractivity contribution in [3.8, 4) is 0 Å². The molecule has 6 heteroatoms. The molecule has 112 valence electrons. The predicted molar refractivity (Wildman–Crippen MR) is 91.1 cm³/mol. The van der Waals surface area contributed by atoms with E-state index in [1.807, 2.05) is 36.6 Å². The third-order valence-electron chi connectivity index (χ3n) is 3.37. The number of rotatable bonds is 4. The maximum absolute atomic E-state index is 12.2. The van der Waals surface area contributed by atoms with Gasteiger partial charge in [-0.3, -0.25) is 14.2 Å². The summed E-state index contributed by atoms with van der Waals surface area (Å²) in [6.07, 6.45) is 0. The summed E-state index contributed by atoms with van der Waals surface area (Å²) >= 11 is 2.73. The summed E-state index contributed by atoms with van der Waals surface area (Å²) in [7, 11) is 1.69. The molecule has 0 aliphatic carbocycles. The maximum Gasteiger partial charge on any atom is 0.262 e. The first-order valence-electron chi connectivity index (χ1n) is 6.73. The lowest BCUT2D eigenvalue weighted by Gasteiger charge is -2.06. The molecule has 0 fully saturated rings. The van der Waals surface area contributed by atoms with Crippen LogP contribution in [0.5, 0.6) is 0 Å². The van der Waals surface area contributed by atoms with E-state index < -0.39 is 0 Å². The zero-order valence-electron chi connectivity index (χ0n) is 12.2. The zero-order chi connectivity index (χ0) is 15.7. The van der Waals surface area contributed by atoms with Crippen molar-refractivity contribution in [3.05, 3.63) is 57.2 Å². The van der Waals surface area contributed by atoms with Gasteiger partial charge in [0.2, 0.25) is 0 Å². The van der Waals surface area contributed by atoms with Crippen LogP contribution in [-0.4, -0.2) is 21.1 Å². The Labute approximate surface area is 135 Å². The van der Waals surface area contributed by atoms with Gasteiger partial charge in [0.25, 0.3) is 5.56 Å². The number of aryl methyl sites for hydroxylation is 1. The molecule has 2 heterocycles. The average Bonchev–Trinajstić information content (AvgIpc) is 2.98. The smallest absolute Gasteiger partial charge is 0.262 e. The summed E-state index contributed by atoms with van der Waals surface area (Å²) in [6.45, 7) is 1.99. The van der Waals surface area contributed by atoms with Gasteiger partial charge in [0, 0.05) is 12.6 Å². The van der Waals surface area contributed by atoms with Gasteiger partial charge in [0.1, 0.15) is 4.83 Å². The second kappa shape index (κ2) is 6.06. The number of thiophene rings is 1. The van der Waals surface area contributed by atoms with Crippen molar-refractivity contribution >= 4 is 39.1 Å². The molecule has 0 radical (unpaired) electrons. The van der Waals surface area contributed by atoms with E-state index >= 15 is 0 Å². The fourth-order valence-corrected chi connectivity index (χ4v) is 3.73. The number of carbonyl (C=O) groups excluding carboxylic acids is 1. The maximum atomic E-state index is 12.2. The van der Waals surface area contributed by atoms with E-state index in [9.17, 15) is 9.59 Å². The predicted octanol–water partition coefficient (Wildman–Crippen LogP) is 3.28. The molecule has 1 aromatic carbocycles. The Hall–Kier alpha value is -1.92. The van der Waals surface area contributed by atoms with Crippen LogP contribution in [0, 0.1) is 6.92 Å². The van der Waals surface area contributed by atoms with Gasteiger partial charge >= 0.3 is 0 Å². The van der Waals surface area contributed by atoms with Crippen LogP contribution in [0.3, 0.4) is 0 Å². The molecule has 0 bridgehead atoms. The number of nitrogens with zero attached hydrogens (tertiary/aromatic N) is 2. The van der Waals surface area contributed by atoms with Crippen molar-refractivity contribution < 1.29 is 4.79 Å². The zero-order valence-corrected chi connectivity index (χ0v) is 13.8. The third kappa shape index (κ3) is 2.84. The van der Waals surface area contributed by atoms with Gasteiger partial charge in [-0.05, 0) is 18.4 Å². The van der Waals surface area contributed by atoms with Crippen LogP contribution in [0.2, 0.25) is 0 Å². The molecule has 3 aromatic rings. The number of benzene rings is 1. The first-order chi connectivity index (χ1) is 10.6. The molecule has 0 aliphatic heterocycles. The van der Waals surface area contributed by atoms with Crippen LogP contribution < -0.4 is 5.56 Å². The molecule has 0 aliphatic rings. The van der Waals surface area contributed by atoms with Crippen molar-refractivity contribution in [1.29, 1.82) is 0 Å². The molecule has 22 heavy (non-hydrogen) atoms. The van der Waals surface area contributed by atoms with Gasteiger partial charge < -0.3 is 0 Å². The Balaban J connectivity index is 1.81. The summed E-state index contributed by atoms with van der Waals surface area (Å²) in [5.74, 6) is 0.297. The number of hydrogen-bond acceptors (Lipinski definition) is 5. The van der Waals surface area contributed by atoms with E-state index in [0.717, 1.165) is 5.56 Å². The van der Waals surface area contributed by atoms with Crippen LogP contribution >= 0.6 is 23.1 Å². The van der Waals surface area contributed by atoms with Gasteiger partial charge in [0.15, 0.2) is 10.9 Å².